The first kappa shape index (κ1) is 22.9. The van der Waals surface area contributed by atoms with Gasteiger partial charge >= 0.3 is 5.97 Å². The topological polar surface area (TPSA) is 116 Å². The van der Waals surface area contributed by atoms with Crippen LogP contribution in [0.25, 0.3) is 6.08 Å². The van der Waals surface area contributed by atoms with E-state index >= 15 is 0 Å². The summed E-state index contributed by atoms with van der Waals surface area (Å²) in [6.07, 6.45) is 1.46. The molecular weight excluding hydrogens is 512 g/mol. The highest BCUT2D eigenvalue weighted by atomic mass is 79.9. The summed E-state index contributed by atoms with van der Waals surface area (Å²) in [6, 6.07) is 9.56. The van der Waals surface area contributed by atoms with Gasteiger partial charge in [-0.2, -0.15) is 0 Å². The molecule has 0 saturated carbocycles. The summed E-state index contributed by atoms with van der Waals surface area (Å²) in [5.74, 6) is -1.77. The van der Waals surface area contributed by atoms with E-state index in [0.717, 1.165) is 4.90 Å². The number of hydrogen-bond acceptors (Lipinski definition) is 7. The molecule has 31 heavy (non-hydrogen) atoms. The average molecular weight is 526 g/mol. The lowest BCUT2D eigenvalue weighted by Crippen LogP contribution is -2.36. The van der Waals surface area contributed by atoms with Gasteiger partial charge in [-0.3, -0.25) is 19.3 Å². The van der Waals surface area contributed by atoms with Crippen LogP contribution in [-0.4, -0.2) is 41.6 Å². The smallest absolute Gasteiger partial charge is 0.345 e. The van der Waals surface area contributed by atoms with Gasteiger partial charge in [0.1, 0.15) is 6.54 Å². The molecule has 3 amide bonds. The largest absolute Gasteiger partial charge is 0.493 e. The minimum Gasteiger partial charge on any atom is -0.493 e. The summed E-state index contributed by atoms with van der Waals surface area (Å²) >= 11 is 10.1. The molecule has 2 aromatic carbocycles. The van der Waals surface area contributed by atoms with E-state index in [1.165, 1.54) is 25.3 Å². The van der Waals surface area contributed by atoms with E-state index in [9.17, 15) is 19.2 Å². The summed E-state index contributed by atoms with van der Waals surface area (Å²) in [6.45, 7) is -0.494. The first-order valence-electron chi connectivity index (χ1n) is 8.59. The van der Waals surface area contributed by atoms with Crippen LogP contribution in [0.2, 0.25) is 5.02 Å². The van der Waals surface area contributed by atoms with Crippen molar-refractivity contribution in [3.8, 4) is 11.5 Å². The molecule has 0 unspecified atom stereocenters. The predicted octanol–water partition coefficient (Wildman–Crippen LogP) is 3.85. The molecule has 1 heterocycles. The van der Waals surface area contributed by atoms with E-state index in [-0.39, 0.29) is 27.0 Å². The molecule has 3 rings (SSSR count). The van der Waals surface area contributed by atoms with Crippen LogP contribution in [0.15, 0.2) is 45.8 Å². The maximum atomic E-state index is 12.5. The first-order chi connectivity index (χ1) is 14.7. The number of thioether (sulfide) groups is 1. The molecule has 0 aromatic heterocycles. The van der Waals surface area contributed by atoms with Crippen molar-refractivity contribution < 1.29 is 28.7 Å². The van der Waals surface area contributed by atoms with Crippen LogP contribution in [-0.2, 0) is 9.59 Å². The average Bonchev–Trinajstić information content (AvgIpc) is 2.96. The minimum atomic E-state index is -0.794. The van der Waals surface area contributed by atoms with Crippen LogP contribution < -0.4 is 15.2 Å². The maximum absolute atomic E-state index is 12.5. The van der Waals surface area contributed by atoms with Gasteiger partial charge < -0.3 is 15.2 Å². The monoisotopic (exact) mass is 524 g/mol. The zero-order valence-electron chi connectivity index (χ0n) is 15.9. The van der Waals surface area contributed by atoms with Gasteiger partial charge in [0.05, 0.1) is 27.1 Å². The van der Waals surface area contributed by atoms with Crippen LogP contribution in [0.5, 0.6) is 11.5 Å². The second-order valence-corrected chi connectivity index (χ2v) is 8.39. The Morgan fingerprint density at radius 1 is 1.26 bits per heavy atom. The van der Waals surface area contributed by atoms with Gasteiger partial charge in [0, 0.05) is 0 Å². The molecule has 0 aliphatic carbocycles. The van der Waals surface area contributed by atoms with Gasteiger partial charge in [0.25, 0.3) is 11.1 Å². The molecule has 1 fully saturated rings. The summed E-state index contributed by atoms with van der Waals surface area (Å²) in [7, 11) is 1.39. The molecule has 8 nitrogen and oxygen atoms in total. The van der Waals surface area contributed by atoms with Crippen LogP contribution in [0.3, 0.4) is 0 Å². The van der Waals surface area contributed by atoms with Crippen molar-refractivity contribution >= 4 is 68.4 Å². The van der Waals surface area contributed by atoms with Gasteiger partial charge in [0.2, 0.25) is 5.91 Å². The Kier molecular flexibility index (Phi) is 7.04. The van der Waals surface area contributed by atoms with Crippen molar-refractivity contribution in [2.24, 2.45) is 5.73 Å². The third kappa shape index (κ3) is 5.09. The van der Waals surface area contributed by atoms with Crippen molar-refractivity contribution in [1.29, 1.82) is 0 Å². The number of carbonyl (C=O) groups is 4. The van der Waals surface area contributed by atoms with Crippen LogP contribution in [0.4, 0.5) is 4.79 Å². The number of esters is 1. The lowest BCUT2D eigenvalue weighted by atomic mass is 10.1. The number of halogens is 2. The van der Waals surface area contributed by atoms with Crippen molar-refractivity contribution in [2.75, 3.05) is 13.7 Å². The summed E-state index contributed by atoms with van der Waals surface area (Å²) in [4.78, 5) is 48.8. The normalized spacial score (nSPS) is 14.8. The highest BCUT2D eigenvalue weighted by Gasteiger charge is 2.36. The van der Waals surface area contributed by atoms with Crippen molar-refractivity contribution in [3.05, 3.63) is 61.9 Å². The Hall–Kier alpha value is -2.82. The summed E-state index contributed by atoms with van der Waals surface area (Å²) in [5.41, 5.74) is 5.75. The molecule has 1 aliphatic heterocycles. The lowest BCUT2D eigenvalue weighted by Gasteiger charge is -2.13. The lowest BCUT2D eigenvalue weighted by molar-refractivity contribution is -0.127. The van der Waals surface area contributed by atoms with E-state index in [4.69, 9.17) is 26.8 Å². The zero-order chi connectivity index (χ0) is 22.7. The Labute approximate surface area is 194 Å². The molecule has 0 bridgehead atoms. The molecule has 1 aliphatic rings. The molecule has 0 spiro atoms. The fraction of sp³-hybridized carbons (Fsp3) is 0.100. The van der Waals surface area contributed by atoms with Gasteiger partial charge in [-0.25, -0.2) is 4.79 Å². The number of imide groups is 1. The molecule has 0 radical (unpaired) electrons. The van der Waals surface area contributed by atoms with Crippen molar-refractivity contribution in [3.63, 3.8) is 0 Å². The van der Waals surface area contributed by atoms with Gasteiger partial charge in [-0.1, -0.05) is 23.7 Å². The Bertz CT molecular complexity index is 1140. The number of methoxy groups -OCH3 is 1. The number of rotatable bonds is 6. The van der Waals surface area contributed by atoms with Gasteiger partial charge in [0.15, 0.2) is 11.5 Å². The summed E-state index contributed by atoms with van der Waals surface area (Å²) < 4.78 is 11.1. The third-order valence-corrected chi connectivity index (χ3v) is 5.85. The van der Waals surface area contributed by atoms with E-state index in [1.807, 2.05) is 0 Å². The molecule has 0 atom stereocenters. The number of carbonyl (C=O) groups excluding carboxylic acids is 4. The number of ether oxygens (including phenoxy) is 2. The van der Waals surface area contributed by atoms with Crippen LogP contribution in [0, 0.1) is 0 Å². The second-order valence-electron chi connectivity index (χ2n) is 6.14. The number of benzene rings is 2. The highest BCUT2D eigenvalue weighted by molar-refractivity contribution is 9.10. The number of nitrogens with zero attached hydrogens (tertiary/aromatic N) is 1. The fourth-order valence-electron chi connectivity index (χ4n) is 2.64. The quantitative estimate of drug-likeness (QED) is 0.346. The molecule has 11 heteroatoms. The van der Waals surface area contributed by atoms with Crippen LogP contribution >= 0.6 is 39.3 Å². The second kappa shape index (κ2) is 9.54. The zero-order valence-corrected chi connectivity index (χ0v) is 19.0. The Morgan fingerprint density at radius 2 is 1.97 bits per heavy atom. The van der Waals surface area contributed by atoms with E-state index < -0.39 is 29.6 Å². The Balaban J connectivity index is 1.89. The minimum absolute atomic E-state index is 0.112. The summed E-state index contributed by atoms with van der Waals surface area (Å²) in [5, 5.41) is -0.350. The number of nitrogens with two attached hydrogens (primary N) is 1. The van der Waals surface area contributed by atoms with Crippen molar-refractivity contribution in [2.45, 2.75) is 0 Å². The van der Waals surface area contributed by atoms with E-state index in [2.05, 4.69) is 15.9 Å². The van der Waals surface area contributed by atoms with Crippen molar-refractivity contribution in [1.82, 2.24) is 4.90 Å². The van der Waals surface area contributed by atoms with Gasteiger partial charge in [-0.05, 0) is 63.6 Å². The Morgan fingerprint density at radius 3 is 2.61 bits per heavy atom. The van der Waals surface area contributed by atoms with E-state index in [1.54, 1.807) is 24.3 Å². The van der Waals surface area contributed by atoms with Gasteiger partial charge in [-0.15, -0.1) is 0 Å². The molecular formula is C20H14BrClN2O6S. The molecule has 2 N–H and O–H groups in total. The molecule has 160 valence electrons. The SMILES string of the molecule is COc1cc(/C=C2\SC(=O)N(CC(N)=O)C2=O)cc(Br)c1OC(=O)c1ccccc1Cl. The highest BCUT2D eigenvalue weighted by Crippen LogP contribution is 2.39. The predicted molar refractivity (Wildman–Crippen MR) is 119 cm³/mol. The fourth-order valence-corrected chi connectivity index (χ4v) is 4.23. The molecule has 1 saturated heterocycles. The van der Waals surface area contributed by atoms with Crippen LogP contribution in [0.1, 0.15) is 15.9 Å². The number of hydrogen-bond donors (Lipinski definition) is 1. The molecule has 2 aromatic rings. The van der Waals surface area contributed by atoms with E-state index in [0.29, 0.717) is 21.8 Å². The third-order valence-electron chi connectivity index (χ3n) is 4.03. The number of primary amides is 1. The maximum Gasteiger partial charge on any atom is 0.345 e. The standard InChI is InChI=1S/C20H14BrClN2O6S/c1-29-14-7-10(8-15-18(26)24(9-16(23)25)20(28)31-15)6-12(21)17(14)30-19(27)11-4-2-3-5-13(11)22/h2-8H,9H2,1H3,(H2,23,25)/b15-8-. The number of amides is 3. The first-order valence-corrected chi connectivity index (χ1v) is 10.6.